The third-order valence-electron chi connectivity index (χ3n) is 5.61. The van der Waals surface area contributed by atoms with Gasteiger partial charge in [-0.25, -0.2) is 4.68 Å². The summed E-state index contributed by atoms with van der Waals surface area (Å²) in [6.45, 7) is 0. The largest absolute Gasteiger partial charge is 0.497 e. The van der Waals surface area contributed by atoms with Crippen LogP contribution in [0.2, 0.25) is 10.0 Å². The Kier molecular flexibility index (Phi) is 6.75. The van der Waals surface area contributed by atoms with Gasteiger partial charge in [-0.15, -0.1) is 5.10 Å². The molecule has 2 heterocycles. The number of benzene rings is 3. The number of nitrogens with zero attached hydrogens (tertiary/aromatic N) is 3. The van der Waals surface area contributed by atoms with E-state index in [0.717, 1.165) is 28.1 Å². The molecule has 1 aliphatic heterocycles. The average Bonchev–Trinajstić information content (AvgIpc) is 3.30. The molecule has 180 valence electrons. The standard InChI is InChI=1S/C27H21Cl2N5O2/c1-36-22-13-2-17(3-14-22)4-15-25(35)31-26-32-27-30-23(18-5-9-20(28)10-6-18)16-24(34(27)33-26)19-7-11-21(29)12-8-19/h2-16,24H,1H3,(H2,30,31,32,33,35)/b15-4+/t24-/m0/s1. The molecule has 2 N–H and O–H groups in total. The van der Waals surface area contributed by atoms with Gasteiger partial charge in [-0.2, -0.15) is 4.98 Å². The highest BCUT2D eigenvalue weighted by Crippen LogP contribution is 2.34. The van der Waals surface area contributed by atoms with Gasteiger partial charge < -0.3 is 10.1 Å². The summed E-state index contributed by atoms with van der Waals surface area (Å²) < 4.78 is 6.88. The fourth-order valence-corrected chi connectivity index (χ4v) is 4.03. The highest BCUT2D eigenvalue weighted by atomic mass is 35.5. The summed E-state index contributed by atoms with van der Waals surface area (Å²) in [4.78, 5) is 17.1. The maximum atomic E-state index is 12.6. The minimum Gasteiger partial charge on any atom is -0.497 e. The van der Waals surface area contributed by atoms with Crippen molar-refractivity contribution in [2.24, 2.45) is 0 Å². The summed E-state index contributed by atoms with van der Waals surface area (Å²) in [6.07, 6.45) is 5.19. The number of fused-ring (bicyclic) bond motifs is 1. The summed E-state index contributed by atoms with van der Waals surface area (Å²) in [5.74, 6) is 1.09. The van der Waals surface area contributed by atoms with Gasteiger partial charge in [0.25, 0.3) is 11.9 Å². The first kappa shape index (κ1) is 23.7. The van der Waals surface area contributed by atoms with Crippen LogP contribution in [0.15, 0.2) is 84.9 Å². The van der Waals surface area contributed by atoms with E-state index in [1.165, 1.54) is 6.08 Å². The van der Waals surface area contributed by atoms with Crippen molar-refractivity contribution in [1.29, 1.82) is 0 Å². The van der Waals surface area contributed by atoms with Crippen LogP contribution in [-0.4, -0.2) is 27.8 Å². The zero-order chi connectivity index (χ0) is 25.1. The van der Waals surface area contributed by atoms with Crippen LogP contribution in [0.4, 0.5) is 11.9 Å². The molecule has 1 aliphatic rings. The van der Waals surface area contributed by atoms with Crippen LogP contribution in [0.5, 0.6) is 5.75 Å². The number of allylic oxidation sites excluding steroid dienone is 1. The second-order valence-electron chi connectivity index (χ2n) is 8.01. The first-order chi connectivity index (χ1) is 17.5. The summed E-state index contributed by atoms with van der Waals surface area (Å²) in [5, 5.41) is 11.9. The van der Waals surface area contributed by atoms with Crippen molar-refractivity contribution >= 4 is 52.8 Å². The van der Waals surface area contributed by atoms with Crippen molar-refractivity contribution in [3.63, 3.8) is 0 Å². The third kappa shape index (κ3) is 5.27. The maximum absolute atomic E-state index is 12.6. The van der Waals surface area contributed by atoms with Crippen LogP contribution in [0, 0.1) is 0 Å². The summed E-state index contributed by atoms with van der Waals surface area (Å²) in [7, 11) is 1.61. The van der Waals surface area contributed by atoms with Crippen molar-refractivity contribution in [2.45, 2.75) is 6.04 Å². The molecule has 36 heavy (non-hydrogen) atoms. The Bertz CT molecular complexity index is 1440. The van der Waals surface area contributed by atoms with E-state index >= 15 is 0 Å². The lowest BCUT2D eigenvalue weighted by atomic mass is 10.0. The number of amides is 1. The third-order valence-corrected chi connectivity index (χ3v) is 6.11. The Morgan fingerprint density at radius 2 is 1.67 bits per heavy atom. The predicted octanol–water partition coefficient (Wildman–Crippen LogP) is 6.30. The molecule has 0 bridgehead atoms. The fourth-order valence-electron chi connectivity index (χ4n) is 3.78. The molecule has 1 aromatic heterocycles. The topological polar surface area (TPSA) is 81.1 Å². The second-order valence-corrected chi connectivity index (χ2v) is 8.88. The van der Waals surface area contributed by atoms with Gasteiger partial charge in [-0.1, -0.05) is 59.6 Å². The smallest absolute Gasteiger partial charge is 0.250 e. The number of nitrogens with one attached hydrogen (secondary N) is 2. The number of rotatable bonds is 6. The number of aromatic nitrogens is 3. The molecular weight excluding hydrogens is 497 g/mol. The van der Waals surface area contributed by atoms with Gasteiger partial charge >= 0.3 is 0 Å². The Labute approximate surface area is 218 Å². The van der Waals surface area contributed by atoms with E-state index in [4.69, 9.17) is 27.9 Å². The molecule has 0 unspecified atom stereocenters. The Balaban J connectivity index is 1.40. The molecule has 1 atom stereocenters. The van der Waals surface area contributed by atoms with Crippen LogP contribution < -0.4 is 15.4 Å². The van der Waals surface area contributed by atoms with Crippen LogP contribution in [-0.2, 0) is 4.79 Å². The molecular formula is C27H21Cl2N5O2. The quantitative estimate of drug-likeness (QED) is 0.293. The molecule has 1 amide bonds. The summed E-state index contributed by atoms with van der Waals surface area (Å²) in [5.41, 5.74) is 3.63. The molecule has 0 radical (unpaired) electrons. The first-order valence-electron chi connectivity index (χ1n) is 11.1. The lowest BCUT2D eigenvalue weighted by Gasteiger charge is -2.24. The molecule has 3 aromatic carbocycles. The highest BCUT2D eigenvalue weighted by molar-refractivity contribution is 6.30. The van der Waals surface area contributed by atoms with Crippen LogP contribution in [0.1, 0.15) is 22.7 Å². The van der Waals surface area contributed by atoms with Crippen molar-refractivity contribution in [3.05, 3.63) is 112 Å². The zero-order valence-corrected chi connectivity index (χ0v) is 20.7. The van der Waals surface area contributed by atoms with Crippen LogP contribution in [0.25, 0.3) is 11.8 Å². The molecule has 0 spiro atoms. The van der Waals surface area contributed by atoms with Crippen molar-refractivity contribution in [2.75, 3.05) is 17.7 Å². The number of halogens is 2. The number of hydrogen-bond acceptors (Lipinski definition) is 5. The van der Waals surface area contributed by atoms with Crippen LogP contribution in [0.3, 0.4) is 0 Å². The van der Waals surface area contributed by atoms with Gasteiger partial charge in [0, 0.05) is 21.8 Å². The fraction of sp³-hybridized carbons (Fsp3) is 0.0741. The van der Waals surface area contributed by atoms with E-state index in [1.807, 2.05) is 78.9 Å². The van der Waals surface area contributed by atoms with Gasteiger partial charge in [0.2, 0.25) is 5.95 Å². The molecule has 9 heteroatoms. The zero-order valence-electron chi connectivity index (χ0n) is 19.2. The number of ether oxygens (including phenoxy) is 1. The molecule has 7 nitrogen and oxygen atoms in total. The van der Waals surface area contributed by atoms with E-state index in [9.17, 15) is 4.79 Å². The van der Waals surface area contributed by atoms with E-state index in [-0.39, 0.29) is 17.9 Å². The van der Waals surface area contributed by atoms with E-state index in [0.29, 0.717) is 16.0 Å². The number of methoxy groups -OCH3 is 1. The average molecular weight is 518 g/mol. The second kappa shape index (κ2) is 10.3. The first-order valence-corrected chi connectivity index (χ1v) is 11.8. The van der Waals surface area contributed by atoms with Crippen molar-refractivity contribution in [1.82, 2.24) is 14.8 Å². The minimum atomic E-state index is -0.345. The Hall–Kier alpha value is -4.07. The summed E-state index contributed by atoms with van der Waals surface area (Å²) in [6, 6.07) is 22.2. The Morgan fingerprint density at radius 1 is 1.00 bits per heavy atom. The van der Waals surface area contributed by atoms with Gasteiger partial charge in [0.05, 0.1) is 7.11 Å². The lowest BCUT2D eigenvalue weighted by molar-refractivity contribution is -0.111. The normalized spacial score (nSPS) is 14.6. The monoisotopic (exact) mass is 517 g/mol. The molecule has 0 fully saturated rings. The Morgan fingerprint density at radius 3 is 2.33 bits per heavy atom. The van der Waals surface area contributed by atoms with Crippen molar-refractivity contribution in [3.8, 4) is 5.75 Å². The number of carbonyl (C=O) groups excluding carboxylic acids is 1. The van der Waals surface area contributed by atoms with Gasteiger partial charge in [0.15, 0.2) is 0 Å². The molecule has 0 aliphatic carbocycles. The van der Waals surface area contributed by atoms with Gasteiger partial charge in [-0.05, 0) is 65.2 Å². The maximum Gasteiger partial charge on any atom is 0.250 e. The van der Waals surface area contributed by atoms with Crippen LogP contribution >= 0.6 is 23.2 Å². The van der Waals surface area contributed by atoms with E-state index < -0.39 is 0 Å². The van der Waals surface area contributed by atoms with E-state index in [1.54, 1.807) is 17.9 Å². The predicted molar refractivity (Wildman–Crippen MR) is 143 cm³/mol. The van der Waals surface area contributed by atoms with Crippen molar-refractivity contribution < 1.29 is 9.53 Å². The van der Waals surface area contributed by atoms with E-state index in [2.05, 4.69) is 20.7 Å². The lowest BCUT2D eigenvalue weighted by Crippen LogP contribution is -2.20. The minimum absolute atomic E-state index is 0.187. The number of carbonyl (C=O) groups is 1. The SMILES string of the molecule is COc1ccc(/C=C/C(=O)Nc2nc3n(n2)[C@H](c2ccc(Cl)cc2)C=C(c2ccc(Cl)cc2)N3)cc1. The summed E-state index contributed by atoms with van der Waals surface area (Å²) >= 11 is 12.2. The molecule has 0 saturated heterocycles. The number of hydrogen-bond donors (Lipinski definition) is 2. The molecule has 5 rings (SSSR count). The molecule has 0 saturated carbocycles. The highest BCUT2D eigenvalue weighted by Gasteiger charge is 2.25. The van der Waals surface area contributed by atoms with Gasteiger partial charge in [-0.3, -0.25) is 10.1 Å². The number of anilines is 2. The molecule has 4 aromatic rings. The van der Waals surface area contributed by atoms with Gasteiger partial charge in [0.1, 0.15) is 11.8 Å².